The number of piperazine rings is 1. The summed E-state index contributed by atoms with van der Waals surface area (Å²) in [5, 5.41) is 0. The average Bonchev–Trinajstić information content (AvgIpc) is 2.67. The Labute approximate surface area is 171 Å². The van der Waals surface area contributed by atoms with Crippen LogP contribution in [0.2, 0.25) is 0 Å². The Balaban J connectivity index is 1.51. The number of pyridine rings is 1. The highest BCUT2D eigenvalue weighted by atomic mass is 16.2. The SMILES string of the molecule is Cc1nc(C)c(CCC(=O)N2CCN(c3ccc(CN(C)C)cn3)CC2)c(=O)[nH]1. The molecule has 0 radical (unpaired) electrons. The van der Waals surface area contributed by atoms with Gasteiger partial charge in [-0.25, -0.2) is 9.97 Å². The molecule has 0 unspecified atom stereocenters. The molecule has 0 spiro atoms. The zero-order valence-electron chi connectivity index (χ0n) is 17.7. The molecule has 2 aromatic heterocycles. The Hall–Kier alpha value is -2.74. The molecule has 8 heteroatoms. The molecular weight excluding hydrogens is 368 g/mol. The first-order valence-corrected chi connectivity index (χ1v) is 10.0. The number of hydrogen-bond donors (Lipinski definition) is 1. The lowest BCUT2D eigenvalue weighted by Crippen LogP contribution is -2.49. The molecule has 0 atom stereocenters. The monoisotopic (exact) mass is 398 g/mol. The van der Waals surface area contributed by atoms with Gasteiger partial charge in [-0.05, 0) is 46.0 Å². The lowest BCUT2D eigenvalue weighted by atomic mass is 10.1. The number of hydrogen-bond acceptors (Lipinski definition) is 6. The zero-order valence-corrected chi connectivity index (χ0v) is 17.7. The van der Waals surface area contributed by atoms with Crippen molar-refractivity contribution in [2.24, 2.45) is 0 Å². The van der Waals surface area contributed by atoms with E-state index in [1.54, 1.807) is 6.92 Å². The van der Waals surface area contributed by atoms with Crippen LogP contribution in [0, 0.1) is 13.8 Å². The first-order valence-electron chi connectivity index (χ1n) is 10.0. The predicted molar refractivity (Wildman–Crippen MR) is 113 cm³/mol. The van der Waals surface area contributed by atoms with Gasteiger partial charge in [-0.15, -0.1) is 0 Å². The molecule has 29 heavy (non-hydrogen) atoms. The maximum Gasteiger partial charge on any atom is 0.254 e. The lowest BCUT2D eigenvalue weighted by molar-refractivity contribution is -0.131. The zero-order chi connectivity index (χ0) is 21.0. The summed E-state index contributed by atoms with van der Waals surface area (Å²) in [4.78, 5) is 42.5. The smallest absolute Gasteiger partial charge is 0.254 e. The van der Waals surface area contributed by atoms with Crippen LogP contribution < -0.4 is 10.5 Å². The van der Waals surface area contributed by atoms with E-state index in [2.05, 4.69) is 36.9 Å². The lowest BCUT2D eigenvalue weighted by Gasteiger charge is -2.35. The standard InChI is InChI=1S/C21H30N6O2/c1-15-18(21(29)24-16(2)23-15)6-8-20(28)27-11-9-26(10-12-27)19-7-5-17(13-22-19)14-25(3)4/h5,7,13H,6,8-12,14H2,1-4H3,(H,23,24,29). The third-order valence-electron chi connectivity index (χ3n) is 5.19. The van der Waals surface area contributed by atoms with Gasteiger partial charge in [0.1, 0.15) is 11.6 Å². The summed E-state index contributed by atoms with van der Waals surface area (Å²) in [6.07, 6.45) is 2.66. The van der Waals surface area contributed by atoms with Crippen molar-refractivity contribution in [3.8, 4) is 0 Å². The molecule has 1 saturated heterocycles. The van der Waals surface area contributed by atoms with Crippen molar-refractivity contribution >= 4 is 11.7 Å². The fourth-order valence-electron chi connectivity index (χ4n) is 3.68. The molecule has 3 heterocycles. The van der Waals surface area contributed by atoms with Crippen LogP contribution in [0.5, 0.6) is 0 Å². The Morgan fingerprint density at radius 1 is 1.17 bits per heavy atom. The third-order valence-corrected chi connectivity index (χ3v) is 5.19. The average molecular weight is 399 g/mol. The van der Waals surface area contributed by atoms with Crippen molar-refractivity contribution in [2.45, 2.75) is 33.2 Å². The van der Waals surface area contributed by atoms with Crippen LogP contribution in [0.1, 0.15) is 29.1 Å². The van der Waals surface area contributed by atoms with Gasteiger partial charge in [0.2, 0.25) is 5.91 Å². The largest absolute Gasteiger partial charge is 0.353 e. The summed E-state index contributed by atoms with van der Waals surface area (Å²) in [5.41, 5.74) is 2.34. The molecule has 0 aromatic carbocycles. The van der Waals surface area contributed by atoms with E-state index in [4.69, 9.17) is 0 Å². The van der Waals surface area contributed by atoms with Crippen molar-refractivity contribution < 1.29 is 4.79 Å². The van der Waals surface area contributed by atoms with Crippen molar-refractivity contribution in [1.82, 2.24) is 24.8 Å². The van der Waals surface area contributed by atoms with E-state index in [-0.39, 0.29) is 11.5 Å². The van der Waals surface area contributed by atoms with Crippen LogP contribution >= 0.6 is 0 Å². The molecule has 2 aromatic rings. The number of anilines is 1. The minimum absolute atomic E-state index is 0.0818. The van der Waals surface area contributed by atoms with Crippen LogP contribution in [0.3, 0.4) is 0 Å². The third kappa shape index (κ3) is 5.41. The minimum atomic E-state index is -0.142. The van der Waals surface area contributed by atoms with Crippen LogP contribution in [0.15, 0.2) is 23.1 Å². The molecule has 1 aliphatic rings. The summed E-state index contributed by atoms with van der Waals surface area (Å²) in [6, 6.07) is 4.16. The number of nitrogens with zero attached hydrogens (tertiary/aromatic N) is 5. The molecule has 0 bridgehead atoms. The van der Waals surface area contributed by atoms with Gasteiger partial charge in [0.05, 0.1) is 0 Å². The number of carbonyl (C=O) groups is 1. The van der Waals surface area contributed by atoms with Crippen molar-refractivity contribution in [3.63, 3.8) is 0 Å². The predicted octanol–water partition coefficient (Wildman–Crippen LogP) is 1.12. The summed E-state index contributed by atoms with van der Waals surface area (Å²) >= 11 is 0. The van der Waals surface area contributed by atoms with Crippen molar-refractivity contribution in [1.29, 1.82) is 0 Å². The Morgan fingerprint density at radius 3 is 2.48 bits per heavy atom. The Kier molecular flexibility index (Phi) is 6.64. The highest BCUT2D eigenvalue weighted by molar-refractivity contribution is 5.76. The van der Waals surface area contributed by atoms with Gasteiger partial charge in [0, 0.05) is 56.6 Å². The highest BCUT2D eigenvalue weighted by Crippen LogP contribution is 2.15. The number of aromatic amines is 1. The fraction of sp³-hybridized carbons (Fsp3) is 0.524. The second-order valence-corrected chi connectivity index (χ2v) is 7.85. The Bertz CT molecular complexity index is 898. The molecule has 0 saturated carbocycles. The first-order chi connectivity index (χ1) is 13.8. The van der Waals surface area contributed by atoms with Gasteiger partial charge in [-0.2, -0.15) is 0 Å². The van der Waals surface area contributed by atoms with Gasteiger partial charge in [-0.1, -0.05) is 6.07 Å². The number of aromatic nitrogens is 3. The van der Waals surface area contributed by atoms with Crippen LogP contribution in [-0.4, -0.2) is 70.9 Å². The summed E-state index contributed by atoms with van der Waals surface area (Å²) in [6.45, 7) is 7.30. The number of nitrogens with one attached hydrogen (secondary N) is 1. The van der Waals surface area contributed by atoms with E-state index in [1.807, 2.05) is 32.1 Å². The van der Waals surface area contributed by atoms with Crippen LogP contribution in [0.4, 0.5) is 5.82 Å². The second kappa shape index (κ2) is 9.17. The van der Waals surface area contributed by atoms with E-state index in [0.29, 0.717) is 43.0 Å². The van der Waals surface area contributed by atoms with Gasteiger partial charge >= 0.3 is 0 Å². The highest BCUT2D eigenvalue weighted by Gasteiger charge is 2.22. The van der Waals surface area contributed by atoms with Gasteiger partial charge in [0.25, 0.3) is 5.56 Å². The number of carbonyl (C=O) groups excluding carboxylic acids is 1. The molecule has 1 fully saturated rings. The topological polar surface area (TPSA) is 85.4 Å². The van der Waals surface area contributed by atoms with Crippen LogP contribution in [0.25, 0.3) is 0 Å². The number of rotatable bonds is 6. The van der Waals surface area contributed by atoms with E-state index in [9.17, 15) is 9.59 Å². The van der Waals surface area contributed by atoms with E-state index in [0.717, 1.165) is 25.5 Å². The van der Waals surface area contributed by atoms with E-state index >= 15 is 0 Å². The number of H-pyrrole nitrogens is 1. The van der Waals surface area contributed by atoms with Gasteiger partial charge in [-0.3, -0.25) is 9.59 Å². The second-order valence-electron chi connectivity index (χ2n) is 7.85. The first kappa shape index (κ1) is 21.0. The number of aryl methyl sites for hydroxylation is 2. The number of amides is 1. The summed E-state index contributed by atoms with van der Waals surface area (Å²) < 4.78 is 0. The van der Waals surface area contributed by atoms with E-state index in [1.165, 1.54) is 5.56 Å². The maximum absolute atomic E-state index is 12.6. The summed E-state index contributed by atoms with van der Waals surface area (Å²) in [5.74, 6) is 1.63. The minimum Gasteiger partial charge on any atom is -0.353 e. The molecular formula is C21H30N6O2. The van der Waals surface area contributed by atoms with Crippen molar-refractivity contribution in [3.05, 3.63) is 51.3 Å². The maximum atomic E-state index is 12.6. The normalized spacial score (nSPS) is 14.5. The van der Waals surface area contributed by atoms with Gasteiger partial charge < -0.3 is 19.7 Å². The quantitative estimate of drug-likeness (QED) is 0.785. The Morgan fingerprint density at radius 2 is 1.90 bits per heavy atom. The van der Waals surface area contributed by atoms with Gasteiger partial charge in [0.15, 0.2) is 0 Å². The van der Waals surface area contributed by atoms with Crippen LogP contribution in [-0.2, 0) is 17.8 Å². The molecule has 1 aliphatic heterocycles. The molecule has 3 rings (SSSR count). The molecule has 8 nitrogen and oxygen atoms in total. The molecule has 1 N–H and O–H groups in total. The molecule has 1 amide bonds. The van der Waals surface area contributed by atoms with Crippen molar-refractivity contribution in [2.75, 3.05) is 45.2 Å². The van der Waals surface area contributed by atoms with E-state index < -0.39 is 0 Å². The summed E-state index contributed by atoms with van der Waals surface area (Å²) in [7, 11) is 4.08. The molecule has 0 aliphatic carbocycles. The fourth-order valence-corrected chi connectivity index (χ4v) is 3.68. The molecule has 156 valence electrons.